The van der Waals surface area contributed by atoms with Crippen molar-refractivity contribution in [3.8, 4) is 11.5 Å². The second-order valence-electron chi connectivity index (χ2n) is 10.3. The number of benzene rings is 3. The molecule has 0 aliphatic carbocycles. The van der Waals surface area contributed by atoms with Gasteiger partial charge >= 0.3 is 0 Å². The number of nitrogens with one attached hydrogen (secondary N) is 1. The van der Waals surface area contributed by atoms with Gasteiger partial charge in [-0.15, -0.1) is 0 Å². The number of rotatable bonds is 7. The number of carbonyl (C=O) groups is 1. The van der Waals surface area contributed by atoms with E-state index in [1.165, 1.54) is 23.5 Å². The second kappa shape index (κ2) is 10.5. The topological polar surface area (TPSA) is 84.9 Å². The van der Waals surface area contributed by atoms with Crippen LogP contribution in [-0.4, -0.2) is 40.6 Å². The van der Waals surface area contributed by atoms with Gasteiger partial charge in [0.2, 0.25) is 0 Å². The monoisotopic (exact) mass is 522 g/mol. The van der Waals surface area contributed by atoms with Crippen LogP contribution in [0.2, 0.25) is 0 Å². The Kier molecular flexibility index (Phi) is 7.50. The maximum atomic E-state index is 13.8. The molecule has 0 radical (unpaired) electrons. The first-order valence-electron chi connectivity index (χ1n) is 12.3. The number of carbonyl (C=O) groups excluding carboxylic acids is 1. The van der Waals surface area contributed by atoms with Crippen molar-refractivity contribution in [2.24, 2.45) is 0 Å². The lowest BCUT2D eigenvalue weighted by Gasteiger charge is -2.36. The van der Waals surface area contributed by atoms with Crippen LogP contribution in [0.4, 0.5) is 5.69 Å². The summed E-state index contributed by atoms with van der Waals surface area (Å²) in [6.45, 7) is 8.48. The number of methoxy groups -OCH3 is 1. The Bertz CT molecular complexity index is 1350. The van der Waals surface area contributed by atoms with Crippen molar-refractivity contribution >= 4 is 21.6 Å². The highest BCUT2D eigenvalue weighted by molar-refractivity contribution is 7.92. The molecule has 7 nitrogen and oxygen atoms in total. The SMILES string of the molecule is COc1ccc(S(=O)(=O)N2C[C@@H](C(=O)NC[C@@H](C)c3ccccc3)Oc3ccc(C(C)(C)C)cc32)cc1. The molecule has 0 saturated heterocycles. The maximum Gasteiger partial charge on any atom is 0.264 e. The van der Waals surface area contributed by atoms with E-state index in [4.69, 9.17) is 9.47 Å². The average molecular weight is 523 g/mol. The minimum absolute atomic E-state index is 0.0921. The second-order valence-corrected chi connectivity index (χ2v) is 12.2. The van der Waals surface area contributed by atoms with Crippen molar-refractivity contribution < 1.29 is 22.7 Å². The first kappa shape index (κ1) is 26.5. The van der Waals surface area contributed by atoms with E-state index in [1.54, 1.807) is 18.2 Å². The minimum Gasteiger partial charge on any atom is -0.497 e. The fourth-order valence-electron chi connectivity index (χ4n) is 4.22. The summed E-state index contributed by atoms with van der Waals surface area (Å²) in [7, 11) is -2.46. The van der Waals surface area contributed by atoms with Crippen LogP contribution in [0.15, 0.2) is 77.7 Å². The molecule has 1 amide bonds. The number of hydrogen-bond acceptors (Lipinski definition) is 5. The van der Waals surface area contributed by atoms with E-state index in [0.29, 0.717) is 23.7 Å². The fourth-order valence-corrected chi connectivity index (χ4v) is 5.69. The molecule has 2 atom stereocenters. The molecule has 0 saturated carbocycles. The largest absolute Gasteiger partial charge is 0.497 e. The van der Waals surface area contributed by atoms with E-state index in [0.717, 1.165) is 11.1 Å². The highest BCUT2D eigenvalue weighted by atomic mass is 32.2. The summed E-state index contributed by atoms with van der Waals surface area (Å²) in [5.74, 6) is 0.645. The lowest BCUT2D eigenvalue weighted by atomic mass is 9.86. The molecule has 0 spiro atoms. The van der Waals surface area contributed by atoms with E-state index in [-0.39, 0.29) is 28.7 Å². The quantitative estimate of drug-likeness (QED) is 0.479. The Morgan fingerprint density at radius 2 is 1.76 bits per heavy atom. The number of ether oxygens (including phenoxy) is 2. The molecule has 1 aliphatic heterocycles. The molecule has 0 bridgehead atoms. The first-order chi connectivity index (χ1) is 17.5. The molecule has 3 aromatic rings. The van der Waals surface area contributed by atoms with Crippen molar-refractivity contribution in [3.63, 3.8) is 0 Å². The molecular weight excluding hydrogens is 488 g/mol. The van der Waals surface area contributed by atoms with E-state index in [1.807, 2.05) is 49.4 Å². The highest BCUT2D eigenvalue weighted by Gasteiger charge is 2.38. The third-order valence-corrected chi connectivity index (χ3v) is 8.38. The summed E-state index contributed by atoms with van der Waals surface area (Å²) in [5.41, 5.74) is 2.29. The van der Waals surface area contributed by atoms with Gasteiger partial charge in [-0.1, -0.05) is 64.1 Å². The predicted octanol–water partition coefficient (Wildman–Crippen LogP) is 4.87. The molecule has 1 N–H and O–H groups in total. The van der Waals surface area contributed by atoms with Crippen molar-refractivity contribution in [2.75, 3.05) is 24.5 Å². The van der Waals surface area contributed by atoms with Gasteiger partial charge in [0.25, 0.3) is 15.9 Å². The number of amides is 1. The highest BCUT2D eigenvalue weighted by Crippen LogP contribution is 2.40. The van der Waals surface area contributed by atoms with Gasteiger partial charge in [0.15, 0.2) is 6.10 Å². The molecule has 0 unspecified atom stereocenters. The molecule has 3 aromatic carbocycles. The molecule has 37 heavy (non-hydrogen) atoms. The number of nitrogens with zero attached hydrogens (tertiary/aromatic N) is 1. The average Bonchev–Trinajstić information content (AvgIpc) is 2.90. The van der Waals surface area contributed by atoms with Crippen LogP contribution in [0.5, 0.6) is 11.5 Å². The summed E-state index contributed by atoms with van der Waals surface area (Å²) in [5, 5.41) is 2.94. The summed E-state index contributed by atoms with van der Waals surface area (Å²) in [4.78, 5) is 13.3. The summed E-state index contributed by atoms with van der Waals surface area (Å²) >= 11 is 0. The summed E-state index contributed by atoms with van der Waals surface area (Å²) in [6.07, 6.45) is -0.996. The Hall–Kier alpha value is -3.52. The van der Waals surface area contributed by atoms with E-state index >= 15 is 0 Å². The van der Waals surface area contributed by atoms with Crippen molar-refractivity contribution in [3.05, 3.63) is 83.9 Å². The molecule has 1 aliphatic rings. The molecule has 8 heteroatoms. The van der Waals surface area contributed by atoms with E-state index in [9.17, 15) is 13.2 Å². The van der Waals surface area contributed by atoms with Gasteiger partial charge in [-0.2, -0.15) is 0 Å². The van der Waals surface area contributed by atoms with Crippen LogP contribution < -0.4 is 19.1 Å². The zero-order valence-electron chi connectivity index (χ0n) is 21.9. The normalized spacial score (nSPS) is 16.4. The Morgan fingerprint density at radius 3 is 2.38 bits per heavy atom. The van der Waals surface area contributed by atoms with Gasteiger partial charge < -0.3 is 14.8 Å². The number of sulfonamides is 1. The molecule has 4 rings (SSSR count). The lowest BCUT2D eigenvalue weighted by molar-refractivity contribution is -0.127. The van der Waals surface area contributed by atoms with Gasteiger partial charge in [0, 0.05) is 6.54 Å². The number of anilines is 1. The predicted molar refractivity (Wildman–Crippen MR) is 145 cm³/mol. The number of fused-ring (bicyclic) bond motifs is 1. The van der Waals surface area contributed by atoms with Crippen LogP contribution >= 0.6 is 0 Å². The van der Waals surface area contributed by atoms with E-state index < -0.39 is 16.1 Å². The van der Waals surface area contributed by atoms with Crippen LogP contribution in [0.3, 0.4) is 0 Å². The minimum atomic E-state index is -3.99. The van der Waals surface area contributed by atoms with Crippen molar-refractivity contribution in [1.82, 2.24) is 5.32 Å². The fraction of sp³-hybridized carbons (Fsp3) is 0.345. The Balaban J connectivity index is 1.64. The summed E-state index contributed by atoms with van der Waals surface area (Å²) in [6, 6.07) is 21.6. The van der Waals surface area contributed by atoms with Crippen LogP contribution in [0.1, 0.15) is 44.7 Å². The van der Waals surface area contributed by atoms with Crippen molar-refractivity contribution in [1.29, 1.82) is 0 Å². The summed E-state index contributed by atoms with van der Waals surface area (Å²) < 4.78 is 40.2. The third kappa shape index (κ3) is 5.74. The number of hydrogen-bond donors (Lipinski definition) is 1. The third-order valence-electron chi connectivity index (χ3n) is 6.59. The molecule has 0 fully saturated rings. The maximum absolute atomic E-state index is 13.8. The van der Waals surface area contributed by atoms with Crippen LogP contribution in [-0.2, 0) is 20.2 Å². The first-order valence-corrected chi connectivity index (χ1v) is 13.8. The zero-order valence-corrected chi connectivity index (χ0v) is 22.7. The molecule has 1 heterocycles. The van der Waals surface area contributed by atoms with Gasteiger partial charge in [-0.25, -0.2) is 8.42 Å². The van der Waals surface area contributed by atoms with Gasteiger partial charge in [-0.05, 0) is 58.9 Å². The molecular formula is C29H34N2O5S. The Labute approximate surface area is 219 Å². The van der Waals surface area contributed by atoms with Gasteiger partial charge in [0.05, 0.1) is 24.2 Å². The van der Waals surface area contributed by atoms with Gasteiger partial charge in [0.1, 0.15) is 11.5 Å². The smallest absolute Gasteiger partial charge is 0.264 e. The standard InChI is InChI=1S/C29H34N2O5S/c1-20(21-9-7-6-8-10-21)18-30-28(32)27-19-31(37(33,34)24-14-12-23(35-5)13-15-24)25-17-22(29(2,3)4)11-16-26(25)36-27/h6-17,20,27H,18-19H2,1-5H3,(H,30,32)/t20-,27+/m1/s1. The molecule has 0 aromatic heterocycles. The lowest BCUT2D eigenvalue weighted by Crippen LogP contribution is -2.51. The van der Waals surface area contributed by atoms with Crippen LogP contribution in [0, 0.1) is 0 Å². The van der Waals surface area contributed by atoms with E-state index in [2.05, 4.69) is 26.1 Å². The Morgan fingerprint density at radius 1 is 1.08 bits per heavy atom. The van der Waals surface area contributed by atoms with Gasteiger partial charge in [-0.3, -0.25) is 9.10 Å². The zero-order chi connectivity index (χ0) is 26.8. The van der Waals surface area contributed by atoms with Crippen LogP contribution in [0.25, 0.3) is 0 Å². The van der Waals surface area contributed by atoms with Crippen molar-refractivity contribution in [2.45, 2.75) is 50.0 Å². The molecule has 196 valence electrons.